The second-order valence-corrected chi connectivity index (χ2v) is 5.14. The minimum absolute atomic E-state index is 0.156. The molecule has 0 saturated heterocycles. The standard InChI is InChI=1S/C14H18N2O4/c1-9(10-4-5-10)15(2)14(17)11-6-7-13(20-3)12(8-11)16(18)19/h6-10H,4-5H2,1-3H3. The fraction of sp³-hybridized carbons (Fsp3) is 0.500. The number of hydrogen-bond acceptors (Lipinski definition) is 4. The topological polar surface area (TPSA) is 72.7 Å². The van der Waals surface area contributed by atoms with Crippen molar-refractivity contribution in [3.8, 4) is 5.75 Å². The molecule has 1 unspecified atom stereocenters. The van der Waals surface area contributed by atoms with Crippen LogP contribution < -0.4 is 4.74 Å². The zero-order valence-electron chi connectivity index (χ0n) is 11.8. The smallest absolute Gasteiger partial charge is 0.311 e. The summed E-state index contributed by atoms with van der Waals surface area (Å²) in [6, 6.07) is 4.45. The highest BCUT2D eigenvalue weighted by Gasteiger charge is 2.33. The quantitative estimate of drug-likeness (QED) is 0.612. The molecule has 1 amide bonds. The summed E-state index contributed by atoms with van der Waals surface area (Å²) in [5.74, 6) is 0.511. The molecular weight excluding hydrogens is 260 g/mol. The lowest BCUT2D eigenvalue weighted by molar-refractivity contribution is -0.385. The van der Waals surface area contributed by atoms with E-state index >= 15 is 0 Å². The number of carbonyl (C=O) groups excluding carboxylic acids is 1. The molecule has 1 fully saturated rings. The van der Waals surface area contributed by atoms with Crippen LogP contribution in [0.4, 0.5) is 5.69 Å². The maximum Gasteiger partial charge on any atom is 0.311 e. The molecule has 2 rings (SSSR count). The molecule has 0 N–H and O–H groups in total. The van der Waals surface area contributed by atoms with Crippen molar-refractivity contribution < 1.29 is 14.5 Å². The normalized spacial score (nSPS) is 15.6. The summed E-state index contributed by atoms with van der Waals surface area (Å²) < 4.78 is 4.93. The molecule has 20 heavy (non-hydrogen) atoms. The van der Waals surface area contributed by atoms with Gasteiger partial charge in [0.15, 0.2) is 5.75 Å². The largest absolute Gasteiger partial charge is 0.490 e. The highest BCUT2D eigenvalue weighted by molar-refractivity contribution is 5.95. The van der Waals surface area contributed by atoms with Crippen LogP contribution in [0.5, 0.6) is 5.75 Å². The van der Waals surface area contributed by atoms with Crippen molar-refractivity contribution in [1.82, 2.24) is 4.90 Å². The maximum atomic E-state index is 12.4. The third-order valence-electron chi connectivity index (χ3n) is 3.86. The van der Waals surface area contributed by atoms with Gasteiger partial charge in [0.25, 0.3) is 5.91 Å². The van der Waals surface area contributed by atoms with Gasteiger partial charge in [-0.1, -0.05) is 0 Å². The van der Waals surface area contributed by atoms with Crippen LogP contribution in [0.3, 0.4) is 0 Å². The van der Waals surface area contributed by atoms with Crippen LogP contribution in [0.25, 0.3) is 0 Å². The summed E-state index contributed by atoms with van der Waals surface area (Å²) >= 11 is 0. The van der Waals surface area contributed by atoms with Gasteiger partial charge in [0.2, 0.25) is 0 Å². The summed E-state index contributed by atoms with van der Waals surface area (Å²) in [6.45, 7) is 2.01. The average molecular weight is 278 g/mol. The highest BCUT2D eigenvalue weighted by Crippen LogP contribution is 2.35. The summed E-state index contributed by atoms with van der Waals surface area (Å²) in [5.41, 5.74) is 0.123. The Morgan fingerprint density at radius 1 is 1.50 bits per heavy atom. The molecule has 0 heterocycles. The van der Waals surface area contributed by atoms with E-state index in [0.29, 0.717) is 11.5 Å². The van der Waals surface area contributed by atoms with E-state index in [1.54, 1.807) is 18.0 Å². The predicted molar refractivity (Wildman–Crippen MR) is 73.9 cm³/mol. The highest BCUT2D eigenvalue weighted by atomic mass is 16.6. The first-order valence-corrected chi connectivity index (χ1v) is 6.55. The number of carbonyl (C=O) groups is 1. The summed E-state index contributed by atoms with van der Waals surface area (Å²) in [6.07, 6.45) is 2.28. The molecule has 108 valence electrons. The van der Waals surface area contributed by atoms with Crippen LogP contribution in [-0.4, -0.2) is 35.9 Å². The number of ether oxygens (including phenoxy) is 1. The first kappa shape index (κ1) is 14.3. The van der Waals surface area contributed by atoms with Gasteiger partial charge in [-0.2, -0.15) is 0 Å². The number of hydrogen-bond donors (Lipinski definition) is 0. The first-order chi connectivity index (χ1) is 9.45. The number of rotatable bonds is 5. The van der Waals surface area contributed by atoms with Gasteiger partial charge in [-0.3, -0.25) is 14.9 Å². The van der Waals surface area contributed by atoms with Gasteiger partial charge in [-0.05, 0) is 37.8 Å². The fourth-order valence-electron chi connectivity index (χ4n) is 2.25. The van der Waals surface area contributed by atoms with Gasteiger partial charge in [0.05, 0.1) is 12.0 Å². The SMILES string of the molecule is COc1ccc(C(=O)N(C)C(C)C2CC2)cc1[N+](=O)[O-]. The predicted octanol–water partition coefficient (Wildman–Crippen LogP) is 2.47. The van der Waals surface area contributed by atoms with Gasteiger partial charge in [-0.25, -0.2) is 0 Å². The monoisotopic (exact) mass is 278 g/mol. The molecule has 1 aromatic rings. The lowest BCUT2D eigenvalue weighted by Gasteiger charge is -2.25. The summed E-state index contributed by atoms with van der Waals surface area (Å²) in [5, 5.41) is 11.0. The molecule has 6 nitrogen and oxygen atoms in total. The Bertz CT molecular complexity index is 540. The zero-order valence-corrected chi connectivity index (χ0v) is 11.8. The molecule has 1 aliphatic carbocycles. The lowest BCUT2D eigenvalue weighted by atomic mass is 10.1. The number of nitro benzene ring substituents is 1. The number of amides is 1. The van der Waals surface area contributed by atoms with E-state index in [1.165, 1.54) is 19.2 Å². The summed E-state index contributed by atoms with van der Waals surface area (Å²) in [4.78, 5) is 24.4. The van der Waals surface area contributed by atoms with Crippen LogP contribution >= 0.6 is 0 Å². The Labute approximate surface area is 117 Å². The second-order valence-electron chi connectivity index (χ2n) is 5.14. The van der Waals surface area contributed by atoms with E-state index in [-0.39, 0.29) is 23.4 Å². The van der Waals surface area contributed by atoms with Crippen LogP contribution in [-0.2, 0) is 0 Å². The minimum atomic E-state index is -0.542. The fourth-order valence-corrected chi connectivity index (χ4v) is 2.25. The van der Waals surface area contributed by atoms with Gasteiger partial charge in [0.1, 0.15) is 0 Å². The summed E-state index contributed by atoms with van der Waals surface area (Å²) in [7, 11) is 3.10. The van der Waals surface area contributed by atoms with Crippen molar-refractivity contribution in [3.05, 3.63) is 33.9 Å². The second kappa shape index (κ2) is 5.48. The van der Waals surface area contributed by atoms with E-state index in [1.807, 2.05) is 6.92 Å². The van der Waals surface area contributed by atoms with E-state index < -0.39 is 4.92 Å². The molecule has 1 saturated carbocycles. The Balaban J connectivity index is 2.25. The van der Waals surface area contributed by atoms with Crippen LogP contribution in [0.15, 0.2) is 18.2 Å². The third kappa shape index (κ3) is 2.74. The van der Waals surface area contributed by atoms with Gasteiger partial charge in [0, 0.05) is 24.7 Å². The molecule has 0 spiro atoms. The van der Waals surface area contributed by atoms with Gasteiger partial charge < -0.3 is 9.64 Å². The Morgan fingerprint density at radius 3 is 2.65 bits per heavy atom. The Kier molecular flexibility index (Phi) is 3.92. The number of benzene rings is 1. The van der Waals surface area contributed by atoms with Crippen LogP contribution in [0.1, 0.15) is 30.1 Å². The molecule has 1 aromatic carbocycles. The molecule has 0 aromatic heterocycles. The van der Waals surface area contributed by atoms with Crippen molar-refractivity contribution in [2.45, 2.75) is 25.8 Å². The third-order valence-corrected chi connectivity index (χ3v) is 3.86. The van der Waals surface area contributed by atoms with Crippen molar-refractivity contribution in [1.29, 1.82) is 0 Å². The zero-order chi connectivity index (χ0) is 14.9. The van der Waals surface area contributed by atoms with Crippen LogP contribution in [0, 0.1) is 16.0 Å². The van der Waals surface area contributed by atoms with E-state index in [2.05, 4.69) is 0 Å². The number of nitro groups is 1. The maximum absolute atomic E-state index is 12.4. The molecule has 1 aliphatic rings. The lowest BCUT2D eigenvalue weighted by Crippen LogP contribution is -2.36. The average Bonchev–Trinajstić information content (AvgIpc) is 3.28. The number of methoxy groups -OCH3 is 1. The first-order valence-electron chi connectivity index (χ1n) is 6.55. The Morgan fingerprint density at radius 2 is 2.15 bits per heavy atom. The van der Waals surface area contributed by atoms with Crippen LogP contribution in [0.2, 0.25) is 0 Å². The van der Waals surface area contributed by atoms with Gasteiger partial charge >= 0.3 is 5.69 Å². The Hall–Kier alpha value is -2.11. The molecule has 0 aliphatic heterocycles. The van der Waals surface area contributed by atoms with E-state index in [4.69, 9.17) is 4.74 Å². The molecule has 1 atom stereocenters. The molecule has 6 heteroatoms. The number of nitrogens with zero attached hydrogens (tertiary/aromatic N) is 2. The molecule has 0 bridgehead atoms. The van der Waals surface area contributed by atoms with Crippen molar-refractivity contribution >= 4 is 11.6 Å². The minimum Gasteiger partial charge on any atom is -0.490 e. The van der Waals surface area contributed by atoms with Crippen molar-refractivity contribution in [2.75, 3.05) is 14.2 Å². The van der Waals surface area contributed by atoms with Gasteiger partial charge in [-0.15, -0.1) is 0 Å². The van der Waals surface area contributed by atoms with E-state index in [0.717, 1.165) is 12.8 Å². The molecule has 0 radical (unpaired) electrons. The van der Waals surface area contributed by atoms with E-state index in [9.17, 15) is 14.9 Å². The van der Waals surface area contributed by atoms with Crippen molar-refractivity contribution in [2.24, 2.45) is 5.92 Å². The molecular formula is C14H18N2O4. The van der Waals surface area contributed by atoms with Crippen molar-refractivity contribution in [3.63, 3.8) is 0 Å².